The van der Waals surface area contributed by atoms with E-state index in [1.54, 1.807) is 0 Å². The minimum Gasteiger partial charge on any atom is -0.351 e. The molecule has 2 heterocycles. The predicted octanol–water partition coefficient (Wildman–Crippen LogP) is -0.347. The number of hydrogen-bond acceptors (Lipinski definition) is 4. The second kappa shape index (κ2) is 4.37. The van der Waals surface area contributed by atoms with E-state index in [1.807, 2.05) is 6.92 Å². The summed E-state index contributed by atoms with van der Waals surface area (Å²) in [7, 11) is 0. The van der Waals surface area contributed by atoms with Crippen LogP contribution in [-0.4, -0.2) is 56.6 Å². The lowest BCUT2D eigenvalue weighted by molar-refractivity contribution is -0.195. The van der Waals surface area contributed by atoms with E-state index in [4.69, 9.17) is 9.47 Å². The van der Waals surface area contributed by atoms with Gasteiger partial charge in [-0.15, -0.1) is 0 Å². The van der Waals surface area contributed by atoms with Crippen molar-refractivity contribution in [1.29, 1.82) is 0 Å². The van der Waals surface area contributed by atoms with E-state index >= 15 is 0 Å². The van der Waals surface area contributed by atoms with E-state index in [9.17, 15) is 0 Å². The molecule has 1 N–H and O–H groups in total. The van der Waals surface area contributed by atoms with Gasteiger partial charge in [-0.25, -0.2) is 0 Å². The molecule has 0 aromatic heterocycles. The first kappa shape index (κ1) is 9.40. The number of nitrogens with zero attached hydrogens (tertiary/aromatic N) is 1. The molecule has 13 heavy (non-hydrogen) atoms. The zero-order valence-corrected chi connectivity index (χ0v) is 8.16. The van der Waals surface area contributed by atoms with Crippen molar-refractivity contribution >= 4 is 0 Å². The number of rotatable bonds is 1. The largest absolute Gasteiger partial charge is 0.351 e. The Balaban J connectivity index is 1.79. The van der Waals surface area contributed by atoms with Crippen LogP contribution < -0.4 is 5.32 Å². The third-order valence-corrected chi connectivity index (χ3v) is 2.71. The van der Waals surface area contributed by atoms with E-state index in [2.05, 4.69) is 10.2 Å². The first-order valence-corrected chi connectivity index (χ1v) is 5.04. The molecule has 2 fully saturated rings. The monoisotopic (exact) mass is 186 g/mol. The van der Waals surface area contributed by atoms with Crippen LogP contribution in [0.2, 0.25) is 0 Å². The van der Waals surface area contributed by atoms with Crippen LogP contribution in [0, 0.1) is 0 Å². The normalized spacial score (nSPS) is 37.6. The molecule has 2 rings (SSSR count). The number of hydrogen-bond donors (Lipinski definition) is 1. The Hall–Kier alpha value is -0.160. The van der Waals surface area contributed by atoms with Crippen LogP contribution in [0.1, 0.15) is 6.92 Å². The maximum Gasteiger partial charge on any atom is 0.154 e. The molecule has 0 spiro atoms. The summed E-state index contributed by atoms with van der Waals surface area (Å²) < 4.78 is 10.9. The summed E-state index contributed by atoms with van der Waals surface area (Å²) in [6.07, 6.45) is -0.0147. The maximum absolute atomic E-state index is 5.46. The Morgan fingerprint density at radius 2 is 1.77 bits per heavy atom. The van der Waals surface area contributed by atoms with Crippen molar-refractivity contribution in [1.82, 2.24) is 10.2 Å². The van der Waals surface area contributed by atoms with Crippen LogP contribution in [0.25, 0.3) is 0 Å². The molecule has 76 valence electrons. The molecule has 0 saturated carbocycles. The van der Waals surface area contributed by atoms with Crippen LogP contribution in [0.4, 0.5) is 0 Å². The van der Waals surface area contributed by atoms with Crippen LogP contribution in [0.5, 0.6) is 0 Å². The molecule has 4 nitrogen and oxygen atoms in total. The fourth-order valence-corrected chi connectivity index (χ4v) is 1.85. The first-order chi connectivity index (χ1) is 6.36. The fourth-order valence-electron chi connectivity index (χ4n) is 1.85. The smallest absolute Gasteiger partial charge is 0.154 e. The average molecular weight is 186 g/mol. The highest BCUT2D eigenvalue weighted by atomic mass is 16.7. The summed E-state index contributed by atoms with van der Waals surface area (Å²) in [4.78, 5) is 2.45. The molecule has 0 bridgehead atoms. The molecule has 0 atom stereocenters. The lowest BCUT2D eigenvalue weighted by Gasteiger charge is -2.38. The third kappa shape index (κ3) is 2.40. The van der Waals surface area contributed by atoms with Gasteiger partial charge in [0.25, 0.3) is 0 Å². The van der Waals surface area contributed by atoms with Crippen LogP contribution in [-0.2, 0) is 9.47 Å². The summed E-state index contributed by atoms with van der Waals surface area (Å²) in [5, 5.41) is 3.34. The second-order valence-electron chi connectivity index (χ2n) is 3.67. The highest BCUT2D eigenvalue weighted by Crippen LogP contribution is 2.11. The SMILES string of the molecule is CC1OCC(N2CCNCC2)CO1. The van der Waals surface area contributed by atoms with Gasteiger partial charge in [0, 0.05) is 26.2 Å². The standard InChI is InChI=1S/C9H18N2O2/c1-8-12-6-9(7-13-8)11-4-2-10-3-5-11/h8-10H,2-7H2,1H3. The summed E-state index contributed by atoms with van der Waals surface area (Å²) >= 11 is 0. The number of ether oxygens (including phenoxy) is 2. The molecule has 0 aliphatic carbocycles. The van der Waals surface area contributed by atoms with Crippen LogP contribution in [0.3, 0.4) is 0 Å². The van der Waals surface area contributed by atoms with Crippen LogP contribution >= 0.6 is 0 Å². The predicted molar refractivity (Wildman–Crippen MR) is 49.6 cm³/mol. The topological polar surface area (TPSA) is 33.7 Å². The van der Waals surface area contributed by atoms with E-state index in [0.717, 1.165) is 39.4 Å². The van der Waals surface area contributed by atoms with Gasteiger partial charge in [-0.3, -0.25) is 4.90 Å². The van der Waals surface area contributed by atoms with Gasteiger partial charge in [-0.2, -0.15) is 0 Å². The van der Waals surface area contributed by atoms with Crippen molar-refractivity contribution < 1.29 is 9.47 Å². The number of nitrogens with one attached hydrogen (secondary N) is 1. The van der Waals surface area contributed by atoms with Gasteiger partial charge in [0.2, 0.25) is 0 Å². The minimum atomic E-state index is -0.0147. The quantitative estimate of drug-likeness (QED) is 0.607. The van der Waals surface area contributed by atoms with E-state index in [1.165, 1.54) is 0 Å². The molecule has 2 aliphatic rings. The Morgan fingerprint density at radius 3 is 2.38 bits per heavy atom. The Labute approximate surface area is 79.2 Å². The van der Waals surface area contributed by atoms with Gasteiger partial charge in [-0.1, -0.05) is 0 Å². The van der Waals surface area contributed by atoms with Gasteiger partial charge in [0.1, 0.15) is 0 Å². The lowest BCUT2D eigenvalue weighted by Crippen LogP contribution is -2.53. The van der Waals surface area contributed by atoms with Gasteiger partial charge in [-0.05, 0) is 6.92 Å². The van der Waals surface area contributed by atoms with Gasteiger partial charge < -0.3 is 14.8 Å². The van der Waals surface area contributed by atoms with Gasteiger partial charge in [0.15, 0.2) is 6.29 Å². The lowest BCUT2D eigenvalue weighted by atomic mass is 10.2. The van der Waals surface area contributed by atoms with E-state index < -0.39 is 0 Å². The molecule has 2 aliphatic heterocycles. The van der Waals surface area contributed by atoms with Crippen molar-refractivity contribution in [2.24, 2.45) is 0 Å². The first-order valence-electron chi connectivity index (χ1n) is 5.04. The van der Waals surface area contributed by atoms with Crippen LogP contribution in [0.15, 0.2) is 0 Å². The third-order valence-electron chi connectivity index (χ3n) is 2.71. The van der Waals surface area contributed by atoms with Crippen molar-refractivity contribution in [3.63, 3.8) is 0 Å². The van der Waals surface area contributed by atoms with Gasteiger partial charge in [0.05, 0.1) is 19.3 Å². The molecular formula is C9H18N2O2. The molecule has 0 radical (unpaired) electrons. The fraction of sp³-hybridized carbons (Fsp3) is 1.00. The highest BCUT2D eigenvalue weighted by molar-refractivity contribution is 4.77. The summed E-state index contributed by atoms with van der Waals surface area (Å²) in [6.45, 7) is 8.01. The molecule has 0 amide bonds. The highest BCUT2D eigenvalue weighted by Gasteiger charge is 2.25. The van der Waals surface area contributed by atoms with E-state index in [0.29, 0.717) is 6.04 Å². The molecule has 2 saturated heterocycles. The van der Waals surface area contributed by atoms with Crippen molar-refractivity contribution in [2.75, 3.05) is 39.4 Å². The molecule has 0 unspecified atom stereocenters. The van der Waals surface area contributed by atoms with Gasteiger partial charge >= 0.3 is 0 Å². The van der Waals surface area contributed by atoms with Crippen molar-refractivity contribution in [2.45, 2.75) is 19.3 Å². The molecule has 0 aromatic rings. The molecule has 4 heteroatoms. The average Bonchev–Trinajstić information content (AvgIpc) is 2.20. The summed E-state index contributed by atoms with van der Waals surface area (Å²) in [5.41, 5.74) is 0. The van der Waals surface area contributed by atoms with Crippen molar-refractivity contribution in [3.05, 3.63) is 0 Å². The zero-order valence-electron chi connectivity index (χ0n) is 8.16. The zero-order chi connectivity index (χ0) is 9.10. The minimum absolute atomic E-state index is 0.0147. The Bertz CT molecular complexity index is 152. The van der Waals surface area contributed by atoms with Crippen molar-refractivity contribution in [3.8, 4) is 0 Å². The number of piperazine rings is 1. The summed E-state index contributed by atoms with van der Waals surface area (Å²) in [5.74, 6) is 0. The second-order valence-corrected chi connectivity index (χ2v) is 3.67. The Morgan fingerprint density at radius 1 is 1.15 bits per heavy atom. The summed E-state index contributed by atoms with van der Waals surface area (Å²) in [6, 6.07) is 0.471. The Kier molecular flexibility index (Phi) is 3.16. The van der Waals surface area contributed by atoms with E-state index in [-0.39, 0.29) is 6.29 Å². The maximum atomic E-state index is 5.46. The molecular weight excluding hydrogens is 168 g/mol. The molecule has 0 aromatic carbocycles.